The zero-order valence-corrected chi connectivity index (χ0v) is 15.3. The van der Waals surface area contributed by atoms with Gasteiger partial charge in [0.25, 0.3) is 5.69 Å². The topological polar surface area (TPSA) is 77.3 Å². The molecule has 0 aliphatic heterocycles. The van der Waals surface area contributed by atoms with E-state index in [0.29, 0.717) is 6.42 Å². The fraction of sp³-hybridized carbons (Fsp3) is 0.667. The lowest BCUT2D eigenvalue weighted by Crippen LogP contribution is -2.07. The molecule has 0 atom stereocenters. The van der Waals surface area contributed by atoms with E-state index in [9.17, 15) is 18.5 Å². The van der Waals surface area contributed by atoms with E-state index >= 15 is 0 Å². The largest absolute Gasteiger partial charge is 0.270 e. The minimum absolute atomic E-state index is 0.0289. The lowest BCUT2D eigenvalue weighted by atomic mass is 10.1. The SMILES string of the molecule is CCCCCCCCCCCCS(=O)(=O)c1[c]ccc([N+](=O)[O-])c1. The number of unbranched alkanes of at least 4 members (excludes halogenated alkanes) is 9. The van der Waals surface area contributed by atoms with Gasteiger partial charge in [0.2, 0.25) is 0 Å². The molecule has 6 heteroatoms. The van der Waals surface area contributed by atoms with Crippen LogP contribution in [0.4, 0.5) is 5.69 Å². The summed E-state index contributed by atoms with van der Waals surface area (Å²) in [5, 5.41) is 10.7. The van der Waals surface area contributed by atoms with Gasteiger partial charge in [-0.05, 0) is 12.5 Å². The van der Waals surface area contributed by atoms with Crippen LogP contribution >= 0.6 is 0 Å². The first-order valence-electron chi connectivity index (χ1n) is 8.86. The fourth-order valence-corrected chi connectivity index (χ4v) is 3.97. The van der Waals surface area contributed by atoms with Gasteiger partial charge in [0.1, 0.15) is 0 Å². The van der Waals surface area contributed by atoms with Gasteiger partial charge in [-0.2, -0.15) is 0 Å². The first-order valence-corrected chi connectivity index (χ1v) is 10.5. The van der Waals surface area contributed by atoms with E-state index in [1.807, 2.05) is 0 Å². The smallest absolute Gasteiger partial charge is 0.258 e. The number of nitrogens with zero attached hydrogens (tertiary/aromatic N) is 1. The van der Waals surface area contributed by atoms with Crippen LogP contribution in [-0.4, -0.2) is 19.1 Å². The van der Waals surface area contributed by atoms with Gasteiger partial charge in [0.05, 0.1) is 15.6 Å². The van der Waals surface area contributed by atoms with Crippen molar-refractivity contribution in [3.05, 3.63) is 34.4 Å². The van der Waals surface area contributed by atoms with Gasteiger partial charge < -0.3 is 0 Å². The summed E-state index contributed by atoms with van der Waals surface area (Å²) in [7, 11) is -3.48. The molecule has 0 aliphatic rings. The Hall–Kier alpha value is -1.43. The van der Waals surface area contributed by atoms with Crippen molar-refractivity contribution in [1.29, 1.82) is 0 Å². The summed E-state index contributed by atoms with van der Waals surface area (Å²) in [4.78, 5) is 10.1. The number of nitro benzene ring substituents is 1. The van der Waals surface area contributed by atoms with E-state index in [1.54, 1.807) is 0 Å². The molecule has 0 fully saturated rings. The summed E-state index contributed by atoms with van der Waals surface area (Å²) >= 11 is 0. The molecule has 0 N–H and O–H groups in total. The van der Waals surface area contributed by atoms with E-state index in [1.165, 1.54) is 50.7 Å². The maximum atomic E-state index is 12.2. The Balaban J connectivity index is 2.24. The van der Waals surface area contributed by atoms with Crippen LogP contribution in [-0.2, 0) is 9.84 Å². The van der Waals surface area contributed by atoms with Crippen LogP contribution in [0, 0.1) is 16.2 Å². The molecule has 1 aromatic carbocycles. The zero-order chi connectivity index (χ0) is 17.8. The summed E-state index contributed by atoms with van der Waals surface area (Å²) in [6, 6.07) is 6.23. The van der Waals surface area contributed by atoms with Crippen molar-refractivity contribution in [1.82, 2.24) is 0 Å². The highest BCUT2D eigenvalue weighted by Gasteiger charge is 2.17. The third-order valence-corrected chi connectivity index (χ3v) is 5.80. The standard InChI is InChI=1S/C18H28NO4S/c1-2-3-4-5-6-7-8-9-10-11-15-24(22,23)18-14-12-13-17(16-18)19(20)21/h12-13,16H,2-11,15H2,1H3. The van der Waals surface area contributed by atoms with Crippen molar-refractivity contribution < 1.29 is 13.3 Å². The highest BCUT2D eigenvalue weighted by molar-refractivity contribution is 7.91. The fourth-order valence-electron chi connectivity index (χ4n) is 2.62. The molecule has 24 heavy (non-hydrogen) atoms. The molecule has 1 rings (SSSR count). The van der Waals surface area contributed by atoms with E-state index in [2.05, 4.69) is 13.0 Å². The van der Waals surface area contributed by atoms with E-state index in [0.717, 1.165) is 25.3 Å². The maximum absolute atomic E-state index is 12.2. The molecule has 0 unspecified atom stereocenters. The number of sulfone groups is 1. The molecule has 0 saturated carbocycles. The van der Waals surface area contributed by atoms with Crippen molar-refractivity contribution in [3.8, 4) is 0 Å². The van der Waals surface area contributed by atoms with Crippen molar-refractivity contribution in [2.75, 3.05) is 5.75 Å². The highest BCUT2D eigenvalue weighted by atomic mass is 32.2. The van der Waals surface area contributed by atoms with Gasteiger partial charge in [0.15, 0.2) is 9.84 Å². The molecule has 5 nitrogen and oxygen atoms in total. The van der Waals surface area contributed by atoms with Crippen LogP contribution in [0.2, 0.25) is 0 Å². The number of hydrogen-bond donors (Lipinski definition) is 0. The number of nitro groups is 1. The summed E-state index contributed by atoms with van der Waals surface area (Å²) in [6.45, 7) is 2.21. The Morgan fingerprint density at radius 2 is 1.54 bits per heavy atom. The van der Waals surface area contributed by atoms with Crippen LogP contribution < -0.4 is 0 Å². The van der Waals surface area contributed by atoms with Crippen molar-refractivity contribution in [2.45, 2.75) is 76.0 Å². The highest BCUT2D eigenvalue weighted by Crippen LogP contribution is 2.19. The Morgan fingerprint density at radius 3 is 2.08 bits per heavy atom. The van der Waals surface area contributed by atoms with Crippen molar-refractivity contribution in [3.63, 3.8) is 0 Å². The number of hydrogen-bond acceptors (Lipinski definition) is 4. The molecule has 0 aliphatic carbocycles. The third-order valence-electron chi connectivity index (χ3n) is 4.07. The van der Waals surface area contributed by atoms with Gasteiger partial charge in [-0.1, -0.05) is 64.7 Å². The van der Waals surface area contributed by atoms with Crippen LogP contribution in [0.1, 0.15) is 71.1 Å². The lowest BCUT2D eigenvalue weighted by molar-refractivity contribution is -0.385. The molecule has 0 amide bonds. The molecular weight excluding hydrogens is 326 g/mol. The molecular formula is C18H28NO4S. The second-order valence-corrected chi connectivity index (χ2v) is 8.25. The summed E-state index contributed by atoms with van der Waals surface area (Å²) in [5.41, 5.74) is -0.213. The van der Waals surface area contributed by atoms with Gasteiger partial charge >= 0.3 is 0 Å². The molecule has 0 spiro atoms. The van der Waals surface area contributed by atoms with Crippen LogP contribution in [0.5, 0.6) is 0 Å². The Bertz CT molecular complexity index is 599. The Morgan fingerprint density at radius 1 is 1.00 bits per heavy atom. The van der Waals surface area contributed by atoms with Crippen molar-refractivity contribution >= 4 is 15.5 Å². The summed E-state index contributed by atoms with van der Waals surface area (Å²) < 4.78 is 24.4. The number of non-ortho nitro benzene ring substituents is 1. The van der Waals surface area contributed by atoms with Crippen LogP contribution in [0.3, 0.4) is 0 Å². The summed E-state index contributed by atoms with van der Waals surface area (Å²) in [6.07, 6.45) is 11.3. The molecule has 0 bridgehead atoms. The Kier molecular flexibility index (Phi) is 9.60. The molecule has 1 radical (unpaired) electrons. The van der Waals surface area contributed by atoms with Crippen LogP contribution in [0.15, 0.2) is 23.1 Å². The zero-order valence-electron chi connectivity index (χ0n) is 14.5. The first-order chi connectivity index (χ1) is 11.5. The monoisotopic (exact) mass is 354 g/mol. The van der Waals surface area contributed by atoms with Gasteiger partial charge in [-0.15, -0.1) is 0 Å². The van der Waals surface area contributed by atoms with Crippen molar-refractivity contribution in [2.24, 2.45) is 0 Å². The van der Waals surface area contributed by atoms with Gasteiger partial charge in [-0.3, -0.25) is 10.1 Å². The quantitative estimate of drug-likeness (QED) is 0.281. The minimum atomic E-state index is -3.48. The molecule has 0 heterocycles. The number of rotatable bonds is 13. The third kappa shape index (κ3) is 7.90. The normalized spacial score (nSPS) is 11.5. The molecule has 0 saturated heterocycles. The average Bonchev–Trinajstić information content (AvgIpc) is 2.56. The minimum Gasteiger partial charge on any atom is -0.258 e. The van der Waals surface area contributed by atoms with E-state index in [-0.39, 0.29) is 16.3 Å². The molecule has 1 aromatic rings. The summed E-state index contributed by atoms with van der Waals surface area (Å²) in [5.74, 6) is 0.0289. The average molecular weight is 354 g/mol. The predicted octanol–water partition coefficient (Wildman–Crippen LogP) is 5.09. The van der Waals surface area contributed by atoms with Gasteiger partial charge in [-0.25, -0.2) is 8.42 Å². The molecule has 135 valence electrons. The van der Waals surface area contributed by atoms with E-state index < -0.39 is 14.8 Å². The Labute approximate surface area is 145 Å². The lowest BCUT2D eigenvalue weighted by Gasteiger charge is -2.05. The van der Waals surface area contributed by atoms with Gasteiger partial charge in [0, 0.05) is 18.2 Å². The predicted molar refractivity (Wildman–Crippen MR) is 95.8 cm³/mol. The van der Waals surface area contributed by atoms with E-state index in [4.69, 9.17) is 0 Å². The van der Waals surface area contributed by atoms with Crippen LogP contribution in [0.25, 0.3) is 0 Å². The maximum Gasteiger partial charge on any atom is 0.270 e. The first kappa shape index (κ1) is 20.6. The second-order valence-electron chi connectivity index (χ2n) is 6.17. The number of benzene rings is 1. The molecule has 0 aromatic heterocycles. The second kappa shape index (κ2) is 11.2.